The van der Waals surface area contributed by atoms with Crippen LogP contribution < -0.4 is 4.87 Å². The molecule has 0 saturated carbocycles. The van der Waals surface area contributed by atoms with Gasteiger partial charge in [0.05, 0.1) is 17.1 Å². The van der Waals surface area contributed by atoms with E-state index in [1.807, 2.05) is 38.4 Å². The van der Waals surface area contributed by atoms with Gasteiger partial charge in [-0.1, -0.05) is 25.2 Å². The number of sulfonamides is 1. The maximum absolute atomic E-state index is 13.5. The molecule has 1 amide bonds. The number of carbonyl (C=O) groups excluding carboxylic acids is 1. The van der Waals surface area contributed by atoms with Crippen molar-refractivity contribution in [3.05, 3.63) is 38.9 Å². The minimum Gasteiger partial charge on any atom is -0.336 e. The number of hydrogen-bond acceptors (Lipinski definition) is 7. The van der Waals surface area contributed by atoms with Crippen LogP contribution in [0, 0.1) is 6.92 Å². The molecule has 1 fully saturated rings. The minimum absolute atomic E-state index is 0.0331. The molecular weight excluding hydrogens is 464 g/mol. The van der Waals surface area contributed by atoms with E-state index in [4.69, 9.17) is 4.98 Å². The van der Waals surface area contributed by atoms with Crippen LogP contribution in [-0.2, 0) is 10.0 Å². The maximum Gasteiger partial charge on any atom is 0.305 e. The zero-order valence-corrected chi connectivity index (χ0v) is 21.0. The number of pyridine rings is 1. The first-order chi connectivity index (χ1) is 15.5. The van der Waals surface area contributed by atoms with Gasteiger partial charge in [0.25, 0.3) is 15.9 Å². The highest BCUT2D eigenvalue weighted by Crippen LogP contribution is 2.27. The van der Waals surface area contributed by atoms with Gasteiger partial charge in [-0.2, -0.15) is 9.40 Å². The highest BCUT2D eigenvalue weighted by molar-refractivity contribution is 7.91. The van der Waals surface area contributed by atoms with Crippen LogP contribution in [0.4, 0.5) is 0 Å². The number of rotatable bonds is 5. The first-order valence-corrected chi connectivity index (χ1v) is 13.1. The minimum atomic E-state index is -3.79. The van der Waals surface area contributed by atoms with Crippen LogP contribution in [0.2, 0.25) is 0 Å². The molecule has 0 radical (unpaired) electrons. The molecule has 33 heavy (non-hydrogen) atoms. The molecule has 0 aliphatic carbocycles. The number of aryl methyl sites for hydroxylation is 1. The lowest BCUT2D eigenvalue weighted by molar-refractivity contribution is 0.0699. The molecule has 0 aromatic carbocycles. The van der Waals surface area contributed by atoms with E-state index in [0.29, 0.717) is 33.6 Å². The molecule has 178 valence electrons. The van der Waals surface area contributed by atoms with E-state index in [-0.39, 0.29) is 48.3 Å². The van der Waals surface area contributed by atoms with Gasteiger partial charge < -0.3 is 9.88 Å². The summed E-state index contributed by atoms with van der Waals surface area (Å²) in [5.41, 5.74) is 2.36. The third-order valence-electron chi connectivity index (χ3n) is 5.78. The van der Waals surface area contributed by atoms with E-state index in [1.54, 1.807) is 18.0 Å². The fraction of sp³-hybridized carbons (Fsp3) is 0.524. The summed E-state index contributed by atoms with van der Waals surface area (Å²) in [5, 5.41) is 5.14. The van der Waals surface area contributed by atoms with E-state index >= 15 is 0 Å². The van der Waals surface area contributed by atoms with Crippen molar-refractivity contribution in [1.82, 2.24) is 29.0 Å². The van der Waals surface area contributed by atoms with Crippen molar-refractivity contribution in [2.75, 3.05) is 26.2 Å². The molecule has 1 N–H and O–H groups in total. The van der Waals surface area contributed by atoms with E-state index in [0.717, 1.165) is 5.69 Å². The standard InChI is InChI=1S/C21H28N6O4S2/c1-12(2)17-10-15(16-11-22-27(13(3)4)18(16)24-17)19(28)25-6-8-26(9-7-25)33(30,31)20-14(5)23-21(29)32-20/h10-13H,6-9H2,1-5H3,(H,23,29). The summed E-state index contributed by atoms with van der Waals surface area (Å²) in [4.78, 5) is 33.6. The van der Waals surface area contributed by atoms with Gasteiger partial charge in [0.1, 0.15) is 0 Å². The Morgan fingerprint density at radius 1 is 1.15 bits per heavy atom. The fourth-order valence-corrected chi connectivity index (χ4v) is 6.80. The Kier molecular flexibility index (Phi) is 6.18. The van der Waals surface area contributed by atoms with Crippen LogP contribution in [-0.4, -0.2) is 69.5 Å². The molecule has 1 aliphatic heterocycles. The SMILES string of the molecule is Cc1[nH]c(=O)sc1S(=O)(=O)N1CCN(C(=O)c2cc(C(C)C)nc3c2cnn3C(C)C)CC1. The summed E-state index contributed by atoms with van der Waals surface area (Å²) in [6, 6.07) is 1.92. The van der Waals surface area contributed by atoms with Crippen molar-refractivity contribution in [2.24, 2.45) is 0 Å². The van der Waals surface area contributed by atoms with Gasteiger partial charge in [0.15, 0.2) is 9.86 Å². The number of thiazole rings is 1. The molecule has 4 rings (SSSR count). The van der Waals surface area contributed by atoms with Gasteiger partial charge in [-0.05, 0) is 32.8 Å². The second-order valence-corrected chi connectivity index (χ2v) is 11.9. The van der Waals surface area contributed by atoms with E-state index < -0.39 is 14.9 Å². The molecule has 4 heterocycles. The molecule has 1 saturated heterocycles. The quantitative estimate of drug-likeness (QED) is 0.584. The number of piperazine rings is 1. The smallest absolute Gasteiger partial charge is 0.305 e. The molecule has 0 bridgehead atoms. The van der Waals surface area contributed by atoms with Crippen LogP contribution in [0.25, 0.3) is 11.0 Å². The maximum atomic E-state index is 13.5. The zero-order chi connectivity index (χ0) is 24.1. The average Bonchev–Trinajstić information content (AvgIpc) is 3.35. The Hall–Kier alpha value is -2.57. The molecule has 3 aromatic rings. The predicted molar refractivity (Wildman–Crippen MR) is 126 cm³/mol. The number of amides is 1. The van der Waals surface area contributed by atoms with Crippen LogP contribution in [0.3, 0.4) is 0 Å². The van der Waals surface area contributed by atoms with Crippen molar-refractivity contribution in [1.29, 1.82) is 0 Å². The molecular formula is C21H28N6O4S2. The second-order valence-electron chi connectivity index (χ2n) is 8.79. The molecule has 0 atom stereocenters. The van der Waals surface area contributed by atoms with Gasteiger partial charge in [-0.25, -0.2) is 18.1 Å². The van der Waals surface area contributed by atoms with Crippen LogP contribution >= 0.6 is 11.3 Å². The normalized spacial score (nSPS) is 15.8. The number of fused-ring (bicyclic) bond motifs is 1. The summed E-state index contributed by atoms with van der Waals surface area (Å²) in [6.07, 6.45) is 1.68. The lowest BCUT2D eigenvalue weighted by atomic mass is 10.0. The molecule has 12 heteroatoms. The van der Waals surface area contributed by atoms with E-state index in [1.165, 1.54) is 4.31 Å². The Morgan fingerprint density at radius 3 is 2.36 bits per heavy atom. The predicted octanol–water partition coefficient (Wildman–Crippen LogP) is 2.34. The number of nitrogens with one attached hydrogen (secondary N) is 1. The summed E-state index contributed by atoms with van der Waals surface area (Å²) < 4.78 is 29.1. The lowest BCUT2D eigenvalue weighted by Crippen LogP contribution is -2.50. The average molecular weight is 493 g/mol. The largest absolute Gasteiger partial charge is 0.336 e. The topological polar surface area (TPSA) is 121 Å². The van der Waals surface area contributed by atoms with Crippen LogP contribution in [0.1, 0.15) is 61.4 Å². The fourth-order valence-electron chi connectivity index (χ4n) is 3.94. The Labute approximate surface area is 196 Å². The molecule has 1 aliphatic rings. The number of nitrogens with zero attached hydrogens (tertiary/aromatic N) is 5. The van der Waals surface area contributed by atoms with Gasteiger partial charge >= 0.3 is 4.87 Å². The first kappa shape index (κ1) is 23.6. The Bertz CT molecular complexity index is 1360. The second kappa shape index (κ2) is 8.65. The number of hydrogen-bond donors (Lipinski definition) is 1. The van der Waals surface area contributed by atoms with Crippen molar-refractivity contribution < 1.29 is 13.2 Å². The highest BCUT2D eigenvalue weighted by Gasteiger charge is 2.33. The van der Waals surface area contributed by atoms with E-state index in [2.05, 4.69) is 10.1 Å². The number of carbonyl (C=O) groups is 1. The number of aromatic nitrogens is 4. The molecule has 10 nitrogen and oxygen atoms in total. The zero-order valence-electron chi connectivity index (χ0n) is 19.3. The Morgan fingerprint density at radius 2 is 1.82 bits per heavy atom. The third-order valence-corrected chi connectivity index (χ3v) is 9.26. The monoisotopic (exact) mass is 492 g/mol. The molecule has 0 spiro atoms. The first-order valence-electron chi connectivity index (χ1n) is 10.9. The van der Waals surface area contributed by atoms with Gasteiger partial charge in [0, 0.05) is 43.6 Å². The third kappa shape index (κ3) is 4.22. The number of H-pyrrole nitrogens is 1. The van der Waals surface area contributed by atoms with Gasteiger partial charge in [-0.15, -0.1) is 0 Å². The van der Waals surface area contributed by atoms with Crippen molar-refractivity contribution in [3.63, 3.8) is 0 Å². The van der Waals surface area contributed by atoms with Crippen molar-refractivity contribution >= 4 is 38.3 Å². The van der Waals surface area contributed by atoms with Crippen LogP contribution in [0.15, 0.2) is 21.3 Å². The summed E-state index contributed by atoms with van der Waals surface area (Å²) >= 11 is 0.692. The number of aromatic amines is 1. The van der Waals surface area contributed by atoms with Crippen LogP contribution in [0.5, 0.6) is 0 Å². The lowest BCUT2D eigenvalue weighted by Gasteiger charge is -2.34. The summed E-state index contributed by atoms with van der Waals surface area (Å²) in [7, 11) is -3.79. The van der Waals surface area contributed by atoms with Gasteiger partial charge in [-0.3, -0.25) is 9.59 Å². The summed E-state index contributed by atoms with van der Waals surface area (Å²) in [5.74, 6) is -0.0256. The van der Waals surface area contributed by atoms with Crippen molar-refractivity contribution in [3.8, 4) is 0 Å². The van der Waals surface area contributed by atoms with Crippen molar-refractivity contribution in [2.45, 2.75) is 50.8 Å². The summed E-state index contributed by atoms with van der Waals surface area (Å²) in [6.45, 7) is 10.5. The van der Waals surface area contributed by atoms with Gasteiger partial charge in [0.2, 0.25) is 0 Å². The highest BCUT2D eigenvalue weighted by atomic mass is 32.2. The van der Waals surface area contributed by atoms with E-state index in [9.17, 15) is 18.0 Å². The molecule has 3 aromatic heterocycles. The Balaban J connectivity index is 1.60. The molecule has 0 unspecified atom stereocenters.